The summed E-state index contributed by atoms with van der Waals surface area (Å²) in [5.41, 5.74) is 0.301. The molecule has 1 aromatic rings. The van der Waals surface area contributed by atoms with E-state index in [-0.39, 0.29) is 0 Å². The Kier molecular flexibility index (Phi) is 3.93. The van der Waals surface area contributed by atoms with Crippen LogP contribution in [0.25, 0.3) is 0 Å². The second-order valence-electron chi connectivity index (χ2n) is 5.26. The highest BCUT2D eigenvalue weighted by Crippen LogP contribution is 2.38. The van der Waals surface area contributed by atoms with Gasteiger partial charge in [0.15, 0.2) is 0 Å². The van der Waals surface area contributed by atoms with Gasteiger partial charge in [-0.1, -0.05) is 38.3 Å². The fraction of sp³-hybridized carbons (Fsp3) is 0.667. The molecule has 0 amide bonds. The number of nitrogens with one attached hydrogen (secondary N) is 1. The van der Waals surface area contributed by atoms with Gasteiger partial charge in [0, 0.05) is 6.04 Å². The Morgan fingerprint density at radius 2 is 2.18 bits per heavy atom. The van der Waals surface area contributed by atoms with E-state index in [0.29, 0.717) is 16.6 Å². The van der Waals surface area contributed by atoms with Crippen LogP contribution in [-0.2, 0) is 0 Å². The minimum Gasteiger partial charge on any atom is -0.366 e. The van der Waals surface area contributed by atoms with Crippen molar-refractivity contribution in [1.82, 2.24) is 9.97 Å². The molecule has 0 spiro atoms. The van der Waals surface area contributed by atoms with Gasteiger partial charge in [0.05, 0.1) is 4.47 Å². The van der Waals surface area contributed by atoms with Gasteiger partial charge in [0.25, 0.3) is 0 Å². The van der Waals surface area contributed by atoms with Crippen LogP contribution in [0.3, 0.4) is 0 Å². The second-order valence-corrected chi connectivity index (χ2v) is 6.41. The number of halogens is 2. The third-order valence-electron chi connectivity index (χ3n) is 3.57. The highest BCUT2D eigenvalue weighted by Gasteiger charge is 2.32. The molecule has 1 aromatic heterocycles. The molecule has 0 aromatic carbocycles. The molecule has 3 nitrogen and oxygen atoms in total. The quantitative estimate of drug-likeness (QED) is 0.827. The predicted molar refractivity (Wildman–Crippen MR) is 74.4 cm³/mol. The van der Waals surface area contributed by atoms with Crippen molar-refractivity contribution in [2.75, 3.05) is 5.32 Å². The SMILES string of the molecule is CC1(C)CCCCC1Nc1ncnc(Cl)c1Br. The lowest BCUT2D eigenvalue weighted by molar-refractivity contribution is 0.216. The summed E-state index contributed by atoms with van der Waals surface area (Å²) in [7, 11) is 0. The lowest BCUT2D eigenvalue weighted by atomic mass is 9.73. The summed E-state index contributed by atoms with van der Waals surface area (Å²) in [4.78, 5) is 8.18. The van der Waals surface area contributed by atoms with Gasteiger partial charge in [-0.05, 0) is 34.2 Å². The summed E-state index contributed by atoms with van der Waals surface area (Å²) >= 11 is 9.39. The number of rotatable bonds is 2. The van der Waals surface area contributed by atoms with Crippen molar-refractivity contribution in [1.29, 1.82) is 0 Å². The zero-order chi connectivity index (χ0) is 12.5. The van der Waals surface area contributed by atoms with Crippen molar-refractivity contribution in [2.45, 2.75) is 45.6 Å². The van der Waals surface area contributed by atoms with Crippen LogP contribution in [0.15, 0.2) is 10.8 Å². The summed E-state index contributed by atoms with van der Waals surface area (Å²) in [6.07, 6.45) is 6.52. The van der Waals surface area contributed by atoms with Gasteiger partial charge in [-0.25, -0.2) is 9.97 Å². The van der Waals surface area contributed by atoms with Crippen LogP contribution in [0, 0.1) is 5.41 Å². The lowest BCUT2D eigenvalue weighted by Crippen LogP contribution is -2.39. The summed E-state index contributed by atoms with van der Waals surface area (Å²) in [5, 5.41) is 3.95. The van der Waals surface area contributed by atoms with Gasteiger partial charge in [-0.3, -0.25) is 0 Å². The minimum atomic E-state index is 0.301. The molecule has 0 aliphatic heterocycles. The molecule has 5 heteroatoms. The van der Waals surface area contributed by atoms with Crippen molar-refractivity contribution >= 4 is 33.3 Å². The molecule has 1 heterocycles. The smallest absolute Gasteiger partial charge is 0.148 e. The molecule has 1 aliphatic carbocycles. The van der Waals surface area contributed by atoms with Gasteiger partial charge in [-0.2, -0.15) is 0 Å². The molecular weight excluding hydrogens is 302 g/mol. The zero-order valence-corrected chi connectivity index (χ0v) is 12.5. The first-order valence-corrected chi connectivity index (χ1v) is 7.10. The molecule has 1 atom stereocenters. The average Bonchev–Trinajstić information content (AvgIpc) is 2.27. The van der Waals surface area contributed by atoms with E-state index >= 15 is 0 Å². The Morgan fingerprint density at radius 1 is 1.41 bits per heavy atom. The third kappa shape index (κ3) is 2.91. The number of hydrogen-bond donors (Lipinski definition) is 1. The molecule has 1 unspecified atom stereocenters. The summed E-state index contributed by atoms with van der Waals surface area (Å²) in [6, 6.07) is 0.443. The molecule has 0 radical (unpaired) electrons. The van der Waals surface area contributed by atoms with Crippen LogP contribution in [0.4, 0.5) is 5.82 Å². The van der Waals surface area contributed by atoms with Gasteiger partial charge in [-0.15, -0.1) is 0 Å². The summed E-state index contributed by atoms with van der Waals surface area (Å²) in [5.74, 6) is 0.796. The zero-order valence-electron chi connectivity index (χ0n) is 10.1. The van der Waals surface area contributed by atoms with Crippen LogP contribution in [0.2, 0.25) is 5.15 Å². The van der Waals surface area contributed by atoms with E-state index in [2.05, 4.69) is 45.1 Å². The Balaban J connectivity index is 2.17. The van der Waals surface area contributed by atoms with Crippen molar-refractivity contribution < 1.29 is 0 Å². The normalized spacial score (nSPS) is 23.4. The second kappa shape index (κ2) is 5.11. The number of nitrogens with zero attached hydrogens (tertiary/aromatic N) is 2. The largest absolute Gasteiger partial charge is 0.366 e. The standard InChI is InChI=1S/C12H17BrClN3/c1-12(2)6-4-3-5-8(12)17-11-9(13)10(14)15-7-16-11/h7-8H,3-6H2,1-2H3,(H,15,16,17). The van der Waals surface area contributed by atoms with Gasteiger partial charge >= 0.3 is 0 Å². The first-order chi connectivity index (χ1) is 8.00. The van der Waals surface area contributed by atoms with Gasteiger partial charge < -0.3 is 5.32 Å². The van der Waals surface area contributed by atoms with Crippen molar-refractivity contribution in [3.63, 3.8) is 0 Å². The first kappa shape index (κ1) is 13.1. The average molecular weight is 319 g/mol. The predicted octanol–water partition coefficient (Wildman–Crippen LogP) is 4.27. The van der Waals surface area contributed by atoms with E-state index in [9.17, 15) is 0 Å². The Labute approximate surface area is 116 Å². The Hall–Kier alpha value is -0.350. The number of hydrogen-bond acceptors (Lipinski definition) is 3. The molecule has 17 heavy (non-hydrogen) atoms. The maximum absolute atomic E-state index is 5.96. The minimum absolute atomic E-state index is 0.301. The van der Waals surface area contributed by atoms with Crippen molar-refractivity contribution in [3.05, 3.63) is 16.0 Å². The van der Waals surface area contributed by atoms with E-state index in [1.54, 1.807) is 0 Å². The van der Waals surface area contributed by atoms with E-state index in [0.717, 1.165) is 10.3 Å². The van der Waals surface area contributed by atoms with Gasteiger partial charge in [0.1, 0.15) is 17.3 Å². The van der Waals surface area contributed by atoms with E-state index in [1.807, 2.05) is 0 Å². The fourth-order valence-corrected chi connectivity index (χ4v) is 2.83. The van der Waals surface area contributed by atoms with E-state index < -0.39 is 0 Å². The maximum atomic E-state index is 5.96. The molecule has 0 bridgehead atoms. The summed E-state index contributed by atoms with van der Waals surface area (Å²) in [6.45, 7) is 4.61. The van der Waals surface area contributed by atoms with E-state index in [1.165, 1.54) is 32.0 Å². The van der Waals surface area contributed by atoms with E-state index in [4.69, 9.17) is 11.6 Å². The van der Waals surface area contributed by atoms with Crippen molar-refractivity contribution in [2.24, 2.45) is 5.41 Å². The number of aromatic nitrogens is 2. The Morgan fingerprint density at radius 3 is 2.88 bits per heavy atom. The highest BCUT2D eigenvalue weighted by molar-refractivity contribution is 9.10. The van der Waals surface area contributed by atoms with Gasteiger partial charge in [0.2, 0.25) is 0 Å². The van der Waals surface area contributed by atoms with Crippen molar-refractivity contribution in [3.8, 4) is 0 Å². The molecule has 1 aliphatic rings. The maximum Gasteiger partial charge on any atom is 0.148 e. The van der Waals surface area contributed by atoms with Crippen LogP contribution >= 0.6 is 27.5 Å². The monoisotopic (exact) mass is 317 g/mol. The first-order valence-electron chi connectivity index (χ1n) is 5.93. The summed E-state index contributed by atoms with van der Waals surface area (Å²) < 4.78 is 0.753. The molecular formula is C12H17BrClN3. The van der Waals surface area contributed by atoms with Crippen LogP contribution < -0.4 is 5.32 Å². The molecule has 0 saturated heterocycles. The lowest BCUT2D eigenvalue weighted by Gasteiger charge is -2.39. The Bertz CT molecular complexity index is 409. The highest BCUT2D eigenvalue weighted by atomic mass is 79.9. The van der Waals surface area contributed by atoms with Crippen LogP contribution in [0.5, 0.6) is 0 Å². The fourth-order valence-electron chi connectivity index (χ4n) is 2.38. The van der Waals surface area contributed by atoms with Crippen LogP contribution in [-0.4, -0.2) is 16.0 Å². The third-order valence-corrected chi connectivity index (χ3v) is 4.83. The molecule has 1 N–H and O–H groups in total. The number of anilines is 1. The topological polar surface area (TPSA) is 37.8 Å². The molecule has 2 rings (SSSR count). The molecule has 1 fully saturated rings. The molecule has 1 saturated carbocycles. The van der Waals surface area contributed by atoms with Crippen LogP contribution in [0.1, 0.15) is 39.5 Å². The molecule has 94 valence electrons.